The number of allylic oxidation sites excluding steroid dienone is 1. The average Bonchev–Trinajstić information content (AvgIpc) is 3.55. The van der Waals surface area contributed by atoms with Gasteiger partial charge in [-0.25, -0.2) is 0 Å². The number of aliphatic hydroxyl groups excluding tert-OH is 1. The lowest BCUT2D eigenvalue weighted by molar-refractivity contribution is -0.160. The average molecular weight is 534 g/mol. The van der Waals surface area contributed by atoms with Crippen LogP contribution in [-0.4, -0.2) is 94.7 Å². The molecule has 10 heteroatoms. The molecule has 38 heavy (non-hydrogen) atoms. The topological polar surface area (TPSA) is 125 Å². The molecule has 0 aromatic heterocycles. The van der Waals surface area contributed by atoms with E-state index in [0.717, 1.165) is 12.8 Å². The smallest absolute Gasteiger partial charge is 0.312 e. The molecule has 212 valence electrons. The molecular formula is C28H43N3O7. The summed E-state index contributed by atoms with van der Waals surface area (Å²) in [6.45, 7) is 13.5. The summed E-state index contributed by atoms with van der Waals surface area (Å²) in [5, 5.41) is 12.7. The van der Waals surface area contributed by atoms with Gasteiger partial charge in [0.15, 0.2) is 0 Å². The maximum atomic E-state index is 14.0. The lowest BCUT2D eigenvalue weighted by Crippen LogP contribution is -2.58. The van der Waals surface area contributed by atoms with Gasteiger partial charge in [-0.15, -0.1) is 13.2 Å². The van der Waals surface area contributed by atoms with Gasteiger partial charge < -0.3 is 29.7 Å². The van der Waals surface area contributed by atoms with Gasteiger partial charge in [0.25, 0.3) is 0 Å². The lowest BCUT2D eigenvalue weighted by atomic mass is 9.70. The molecule has 3 amide bonds. The summed E-state index contributed by atoms with van der Waals surface area (Å²) in [7, 11) is 0. The van der Waals surface area contributed by atoms with E-state index in [1.54, 1.807) is 30.9 Å². The summed E-state index contributed by atoms with van der Waals surface area (Å²) in [6.07, 6.45) is 5.72. The number of esters is 1. The minimum Gasteiger partial charge on any atom is -0.460 e. The summed E-state index contributed by atoms with van der Waals surface area (Å²) >= 11 is 0. The number of carbonyl (C=O) groups is 4. The van der Waals surface area contributed by atoms with Crippen molar-refractivity contribution in [1.29, 1.82) is 0 Å². The summed E-state index contributed by atoms with van der Waals surface area (Å²) in [5.74, 6) is -3.08. The maximum Gasteiger partial charge on any atom is 0.312 e. The standard InChI is InChI=1S/C28H43N3O7/c1-6-9-11-21(33)29-16-19(5)37-27(36)22-20-12-13-28(38-20)23(22)25(34)31(18(4)17-32)24(28)26(35)30(14-8-3)15-10-7-2/h6,8,18-20,22-24,32H,1,3,7,9-17H2,2,4-5H3,(H,29,33)/t18-,19+,20-,22+,23+,24-,28+/m1/s1. The molecule has 2 bridgehead atoms. The van der Waals surface area contributed by atoms with Crippen molar-refractivity contribution in [3.05, 3.63) is 25.3 Å². The van der Waals surface area contributed by atoms with Crippen LogP contribution in [0.15, 0.2) is 25.3 Å². The maximum absolute atomic E-state index is 14.0. The molecule has 0 aromatic rings. The third-order valence-corrected chi connectivity index (χ3v) is 7.91. The number of hydrogen-bond donors (Lipinski definition) is 2. The highest BCUT2D eigenvalue weighted by molar-refractivity contribution is 5.98. The number of hydrogen-bond acceptors (Lipinski definition) is 7. The normalized spacial score (nSPS) is 28.9. The Kier molecular flexibility index (Phi) is 10.1. The van der Waals surface area contributed by atoms with Gasteiger partial charge >= 0.3 is 5.97 Å². The molecule has 10 nitrogen and oxygen atoms in total. The Morgan fingerprint density at radius 1 is 1.32 bits per heavy atom. The van der Waals surface area contributed by atoms with Crippen LogP contribution in [0.4, 0.5) is 0 Å². The zero-order valence-corrected chi connectivity index (χ0v) is 22.9. The molecule has 3 saturated heterocycles. The number of unbranched alkanes of at least 4 members (excludes halogenated alkanes) is 1. The van der Waals surface area contributed by atoms with Gasteiger partial charge in [-0.1, -0.05) is 25.5 Å². The Morgan fingerprint density at radius 3 is 2.68 bits per heavy atom. The van der Waals surface area contributed by atoms with E-state index in [2.05, 4.69) is 18.5 Å². The van der Waals surface area contributed by atoms with E-state index in [9.17, 15) is 24.3 Å². The molecule has 0 aliphatic carbocycles. The molecule has 0 unspecified atom stereocenters. The number of nitrogens with zero attached hydrogens (tertiary/aromatic N) is 2. The monoisotopic (exact) mass is 533 g/mol. The number of nitrogens with one attached hydrogen (secondary N) is 1. The Labute approximate surface area is 225 Å². The van der Waals surface area contributed by atoms with Gasteiger partial charge in [-0.2, -0.15) is 0 Å². The zero-order chi connectivity index (χ0) is 28.0. The predicted molar refractivity (Wildman–Crippen MR) is 141 cm³/mol. The van der Waals surface area contributed by atoms with Crippen LogP contribution in [0.25, 0.3) is 0 Å². The second-order valence-electron chi connectivity index (χ2n) is 10.6. The number of carbonyl (C=O) groups excluding carboxylic acids is 4. The minimum absolute atomic E-state index is 0.145. The molecule has 0 aromatic carbocycles. The highest BCUT2D eigenvalue weighted by atomic mass is 16.6. The van der Waals surface area contributed by atoms with Crippen molar-refractivity contribution in [2.24, 2.45) is 11.8 Å². The van der Waals surface area contributed by atoms with Crippen LogP contribution in [0.5, 0.6) is 0 Å². The Morgan fingerprint density at radius 2 is 2.05 bits per heavy atom. The molecule has 3 heterocycles. The first-order chi connectivity index (χ1) is 18.2. The van der Waals surface area contributed by atoms with Crippen LogP contribution < -0.4 is 5.32 Å². The summed E-state index contributed by atoms with van der Waals surface area (Å²) in [6, 6.07) is -1.57. The third kappa shape index (κ3) is 5.66. The Balaban J connectivity index is 1.83. The third-order valence-electron chi connectivity index (χ3n) is 7.91. The van der Waals surface area contributed by atoms with E-state index in [-0.39, 0.29) is 30.9 Å². The predicted octanol–water partition coefficient (Wildman–Crippen LogP) is 1.57. The molecule has 2 N–H and O–H groups in total. The SMILES string of the molecule is C=CCCC(=O)NC[C@H](C)OC(=O)[C@@H]1[C@H]2C(=O)N([C@H](C)CO)[C@H](C(=O)N(CC=C)CCCC)[C@]23CC[C@H]1O3. The van der Waals surface area contributed by atoms with Crippen molar-refractivity contribution >= 4 is 23.7 Å². The number of rotatable bonds is 15. The van der Waals surface area contributed by atoms with Crippen molar-refractivity contribution in [1.82, 2.24) is 15.1 Å². The molecule has 3 aliphatic heterocycles. The van der Waals surface area contributed by atoms with Crippen LogP contribution in [0.1, 0.15) is 59.3 Å². The number of likely N-dealkylation sites (tertiary alicyclic amines) is 1. The van der Waals surface area contributed by atoms with E-state index in [1.165, 1.54) is 4.90 Å². The summed E-state index contributed by atoms with van der Waals surface area (Å²) < 4.78 is 12.1. The quantitative estimate of drug-likeness (QED) is 0.242. The van der Waals surface area contributed by atoms with Gasteiger partial charge in [0.2, 0.25) is 17.7 Å². The van der Waals surface area contributed by atoms with E-state index in [4.69, 9.17) is 9.47 Å². The fraction of sp³-hybridized carbons (Fsp3) is 0.714. The second kappa shape index (κ2) is 12.9. The van der Waals surface area contributed by atoms with E-state index >= 15 is 0 Å². The van der Waals surface area contributed by atoms with E-state index < -0.39 is 47.7 Å². The summed E-state index contributed by atoms with van der Waals surface area (Å²) in [4.78, 5) is 56.3. The molecule has 3 fully saturated rings. The largest absolute Gasteiger partial charge is 0.460 e. The van der Waals surface area contributed by atoms with Crippen molar-refractivity contribution in [3.8, 4) is 0 Å². The van der Waals surface area contributed by atoms with E-state index in [0.29, 0.717) is 38.8 Å². The molecular weight excluding hydrogens is 490 g/mol. The van der Waals surface area contributed by atoms with E-state index in [1.807, 2.05) is 6.92 Å². The van der Waals surface area contributed by atoms with Gasteiger partial charge in [-0.05, 0) is 39.5 Å². The molecule has 3 aliphatic rings. The summed E-state index contributed by atoms with van der Waals surface area (Å²) in [5.41, 5.74) is -1.15. The zero-order valence-electron chi connectivity index (χ0n) is 22.9. The van der Waals surface area contributed by atoms with Crippen LogP contribution in [0.2, 0.25) is 0 Å². The second-order valence-corrected chi connectivity index (χ2v) is 10.6. The highest BCUT2D eigenvalue weighted by Crippen LogP contribution is 2.59. The van der Waals surface area contributed by atoms with Crippen molar-refractivity contribution < 1.29 is 33.8 Å². The number of aliphatic hydroxyl groups is 1. The highest BCUT2D eigenvalue weighted by Gasteiger charge is 2.75. The molecule has 7 atom stereocenters. The first kappa shape index (κ1) is 29.8. The van der Waals surface area contributed by atoms with Gasteiger partial charge in [0, 0.05) is 19.5 Å². The first-order valence-electron chi connectivity index (χ1n) is 13.7. The number of ether oxygens (including phenoxy) is 2. The number of fused-ring (bicyclic) bond motifs is 1. The van der Waals surface area contributed by atoms with Crippen LogP contribution in [0, 0.1) is 11.8 Å². The Bertz CT molecular complexity index is 924. The minimum atomic E-state index is -1.15. The molecule has 0 radical (unpaired) electrons. The van der Waals surface area contributed by atoms with Crippen molar-refractivity contribution in [2.45, 2.75) is 89.2 Å². The number of amides is 3. The van der Waals surface area contributed by atoms with Crippen molar-refractivity contribution in [2.75, 3.05) is 26.2 Å². The lowest BCUT2D eigenvalue weighted by Gasteiger charge is -2.38. The molecule has 3 rings (SSSR count). The molecule has 1 spiro atoms. The van der Waals surface area contributed by atoms with Crippen LogP contribution >= 0.6 is 0 Å². The fourth-order valence-electron chi connectivity index (χ4n) is 6.07. The van der Waals surface area contributed by atoms with Gasteiger partial charge in [0.1, 0.15) is 17.7 Å². The van der Waals surface area contributed by atoms with Gasteiger partial charge in [0.05, 0.1) is 37.1 Å². The Hall–Kier alpha value is -2.72. The molecule has 0 saturated carbocycles. The van der Waals surface area contributed by atoms with Crippen LogP contribution in [0.3, 0.4) is 0 Å². The van der Waals surface area contributed by atoms with Crippen molar-refractivity contribution in [3.63, 3.8) is 0 Å². The fourth-order valence-corrected chi connectivity index (χ4v) is 6.07. The van der Waals surface area contributed by atoms with Crippen LogP contribution in [-0.2, 0) is 28.7 Å². The first-order valence-corrected chi connectivity index (χ1v) is 13.7. The van der Waals surface area contributed by atoms with Gasteiger partial charge in [-0.3, -0.25) is 19.2 Å².